The maximum atomic E-state index is 12.2. The third kappa shape index (κ3) is 4.54. The molecule has 29 heavy (non-hydrogen) atoms. The van der Waals surface area contributed by atoms with E-state index in [0.29, 0.717) is 5.69 Å². The van der Waals surface area contributed by atoms with Crippen molar-refractivity contribution < 1.29 is 4.74 Å². The lowest BCUT2D eigenvalue weighted by atomic mass is 9.95. The molecule has 6 heteroatoms. The van der Waals surface area contributed by atoms with Crippen LogP contribution in [0.15, 0.2) is 53.5 Å². The summed E-state index contributed by atoms with van der Waals surface area (Å²) in [5.41, 5.74) is 3.70. The van der Waals surface area contributed by atoms with Crippen molar-refractivity contribution in [2.45, 2.75) is 32.2 Å². The summed E-state index contributed by atoms with van der Waals surface area (Å²) in [6, 6.07) is 13.5. The van der Waals surface area contributed by atoms with Crippen LogP contribution in [0.25, 0.3) is 11.4 Å². The van der Waals surface area contributed by atoms with Crippen LogP contribution in [-0.2, 0) is 6.54 Å². The number of hydrogen-bond donors (Lipinski definition) is 1. The van der Waals surface area contributed by atoms with E-state index in [0.717, 1.165) is 49.7 Å². The maximum Gasteiger partial charge on any atom is 0.251 e. The summed E-state index contributed by atoms with van der Waals surface area (Å²) in [6.07, 6.45) is 3.64. The Bertz CT molecular complexity index is 1020. The molecular formula is C23H26N4O2. The summed E-state index contributed by atoms with van der Waals surface area (Å²) in [5.74, 6) is 1.96. The van der Waals surface area contributed by atoms with Crippen molar-refractivity contribution in [2.75, 3.05) is 20.2 Å². The predicted molar refractivity (Wildman–Crippen MR) is 113 cm³/mol. The molecule has 0 spiro atoms. The minimum absolute atomic E-state index is 0.123. The van der Waals surface area contributed by atoms with E-state index in [4.69, 9.17) is 9.72 Å². The van der Waals surface area contributed by atoms with Crippen LogP contribution in [0.5, 0.6) is 5.75 Å². The van der Waals surface area contributed by atoms with Crippen molar-refractivity contribution in [1.82, 2.24) is 19.9 Å². The van der Waals surface area contributed by atoms with Gasteiger partial charge < -0.3 is 9.72 Å². The second-order valence-corrected chi connectivity index (χ2v) is 7.60. The molecule has 0 amide bonds. The summed E-state index contributed by atoms with van der Waals surface area (Å²) in [4.78, 5) is 26.6. The SMILES string of the molecule is COc1ccc(C)cc1CN1CCC(c2nc(-c3ccccn3)cc(=O)[nH]2)CC1. The van der Waals surface area contributed by atoms with Gasteiger partial charge in [-0.25, -0.2) is 4.98 Å². The number of methoxy groups -OCH3 is 1. The number of aryl methyl sites for hydroxylation is 1. The standard InChI is InChI=1S/C23H26N4O2/c1-16-6-7-21(29-2)18(13-16)15-27-11-8-17(9-12-27)23-25-20(14-22(28)26-23)19-5-3-4-10-24-19/h3-7,10,13-14,17H,8-9,11-12,15H2,1-2H3,(H,25,26,28). The zero-order valence-corrected chi connectivity index (χ0v) is 16.9. The Morgan fingerprint density at radius 1 is 1.14 bits per heavy atom. The molecule has 3 heterocycles. The van der Waals surface area contributed by atoms with Crippen LogP contribution in [0, 0.1) is 6.92 Å². The van der Waals surface area contributed by atoms with Crippen molar-refractivity contribution in [3.63, 3.8) is 0 Å². The molecule has 1 fully saturated rings. The molecule has 0 atom stereocenters. The van der Waals surface area contributed by atoms with Crippen LogP contribution in [0.3, 0.4) is 0 Å². The Balaban J connectivity index is 1.46. The lowest BCUT2D eigenvalue weighted by molar-refractivity contribution is 0.199. The molecule has 0 bridgehead atoms. The Morgan fingerprint density at radius 3 is 2.69 bits per heavy atom. The second kappa shape index (κ2) is 8.57. The molecule has 0 radical (unpaired) electrons. The number of benzene rings is 1. The average Bonchev–Trinajstić information content (AvgIpc) is 2.75. The fourth-order valence-electron chi connectivity index (χ4n) is 3.95. The summed E-state index contributed by atoms with van der Waals surface area (Å²) >= 11 is 0. The van der Waals surface area contributed by atoms with Crippen LogP contribution in [0.1, 0.15) is 35.7 Å². The zero-order chi connectivity index (χ0) is 20.2. The Labute approximate surface area is 170 Å². The largest absolute Gasteiger partial charge is 0.496 e. The minimum atomic E-state index is -0.123. The quantitative estimate of drug-likeness (QED) is 0.722. The van der Waals surface area contributed by atoms with E-state index in [1.165, 1.54) is 17.2 Å². The highest BCUT2D eigenvalue weighted by molar-refractivity contribution is 5.52. The summed E-state index contributed by atoms with van der Waals surface area (Å²) < 4.78 is 5.52. The molecule has 2 aromatic heterocycles. The van der Waals surface area contributed by atoms with Gasteiger partial charge in [-0.3, -0.25) is 14.7 Å². The number of ether oxygens (including phenoxy) is 1. The lowest BCUT2D eigenvalue weighted by Crippen LogP contribution is -2.33. The zero-order valence-electron chi connectivity index (χ0n) is 16.9. The van der Waals surface area contributed by atoms with Gasteiger partial charge in [0.15, 0.2) is 0 Å². The number of pyridine rings is 1. The first-order valence-electron chi connectivity index (χ1n) is 10.0. The van der Waals surface area contributed by atoms with Gasteiger partial charge in [-0.05, 0) is 51.1 Å². The fraction of sp³-hybridized carbons (Fsp3) is 0.348. The topological polar surface area (TPSA) is 71.1 Å². The van der Waals surface area contributed by atoms with Gasteiger partial charge in [-0.1, -0.05) is 23.8 Å². The van der Waals surface area contributed by atoms with E-state index in [9.17, 15) is 4.79 Å². The second-order valence-electron chi connectivity index (χ2n) is 7.60. The molecule has 0 unspecified atom stereocenters. The number of nitrogens with one attached hydrogen (secondary N) is 1. The van der Waals surface area contributed by atoms with Crippen molar-refractivity contribution in [3.8, 4) is 17.1 Å². The average molecular weight is 390 g/mol. The van der Waals surface area contributed by atoms with E-state index >= 15 is 0 Å². The molecule has 1 saturated heterocycles. The molecule has 1 aliphatic heterocycles. The lowest BCUT2D eigenvalue weighted by Gasteiger charge is -2.31. The number of H-pyrrole nitrogens is 1. The van der Waals surface area contributed by atoms with E-state index in [1.54, 1.807) is 13.3 Å². The van der Waals surface area contributed by atoms with Gasteiger partial charge in [0.1, 0.15) is 11.6 Å². The van der Waals surface area contributed by atoms with Crippen LogP contribution in [0.2, 0.25) is 0 Å². The van der Waals surface area contributed by atoms with Crippen molar-refractivity contribution in [3.05, 3.63) is 76.0 Å². The summed E-state index contributed by atoms with van der Waals surface area (Å²) in [6.45, 7) is 4.89. The molecule has 6 nitrogen and oxygen atoms in total. The first-order valence-corrected chi connectivity index (χ1v) is 10.0. The fourth-order valence-corrected chi connectivity index (χ4v) is 3.95. The van der Waals surface area contributed by atoms with Crippen LogP contribution in [0.4, 0.5) is 0 Å². The molecular weight excluding hydrogens is 364 g/mol. The van der Waals surface area contributed by atoms with Crippen LogP contribution in [-0.4, -0.2) is 40.1 Å². The van der Waals surface area contributed by atoms with Crippen molar-refractivity contribution in [1.29, 1.82) is 0 Å². The molecule has 0 aliphatic carbocycles. The Hall–Kier alpha value is -2.99. The first kappa shape index (κ1) is 19.3. The highest BCUT2D eigenvalue weighted by Gasteiger charge is 2.23. The molecule has 1 N–H and O–H groups in total. The monoisotopic (exact) mass is 390 g/mol. The molecule has 1 aliphatic rings. The van der Waals surface area contributed by atoms with E-state index < -0.39 is 0 Å². The van der Waals surface area contributed by atoms with Gasteiger partial charge in [0, 0.05) is 30.3 Å². The van der Waals surface area contributed by atoms with Crippen molar-refractivity contribution in [2.24, 2.45) is 0 Å². The predicted octanol–water partition coefficient (Wildman–Crippen LogP) is 3.53. The van der Waals surface area contributed by atoms with Crippen LogP contribution >= 0.6 is 0 Å². The van der Waals surface area contributed by atoms with Gasteiger partial charge in [-0.15, -0.1) is 0 Å². The maximum absolute atomic E-state index is 12.2. The van der Waals surface area contributed by atoms with Gasteiger partial charge in [0.2, 0.25) is 0 Å². The molecule has 0 saturated carbocycles. The number of hydrogen-bond acceptors (Lipinski definition) is 5. The van der Waals surface area contributed by atoms with E-state index in [1.807, 2.05) is 24.3 Å². The first-order chi connectivity index (χ1) is 14.1. The number of piperidine rings is 1. The number of likely N-dealkylation sites (tertiary alicyclic amines) is 1. The highest BCUT2D eigenvalue weighted by atomic mass is 16.5. The molecule has 1 aromatic carbocycles. The van der Waals surface area contributed by atoms with Gasteiger partial charge in [0.05, 0.1) is 18.5 Å². The van der Waals surface area contributed by atoms with Crippen LogP contribution < -0.4 is 10.3 Å². The normalized spacial score (nSPS) is 15.4. The van der Waals surface area contributed by atoms with Gasteiger partial charge in [-0.2, -0.15) is 0 Å². The van der Waals surface area contributed by atoms with Crippen molar-refractivity contribution >= 4 is 0 Å². The van der Waals surface area contributed by atoms with Gasteiger partial charge >= 0.3 is 0 Å². The number of aromatic nitrogens is 3. The van der Waals surface area contributed by atoms with E-state index in [2.05, 4.69) is 33.9 Å². The Kier molecular flexibility index (Phi) is 5.71. The van der Waals surface area contributed by atoms with E-state index in [-0.39, 0.29) is 11.5 Å². The third-order valence-corrected chi connectivity index (χ3v) is 5.49. The Morgan fingerprint density at radius 2 is 1.97 bits per heavy atom. The smallest absolute Gasteiger partial charge is 0.251 e. The summed E-state index contributed by atoms with van der Waals surface area (Å²) in [5, 5.41) is 0. The highest BCUT2D eigenvalue weighted by Crippen LogP contribution is 2.29. The summed E-state index contributed by atoms with van der Waals surface area (Å²) in [7, 11) is 1.72. The number of rotatable bonds is 5. The molecule has 3 aromatic rings. The van der Waals surface area contributed by atoms with Gasteiger partial charge in [0.25, 0.3) is 5.56 Å². The minimum Gasteiger partial charge on any atom is -0.496 e. The molecule has 150 valence electrons. The number of aromatic amines is 1. The number of nitrogens with zero attached hydrogens (tertiary/aromatic N) is 3. The third-order valence-electron chi connectivity index (χ3n) is 5.49. The molecule has 4 rings (SSSR count).